The molecule has 2 atom stereocenters. The Balaban J connectivity index is 1.90. The molecule has 0 bridgehead atoms. The fraction of sp³-hybridized carbons (Fsp3) is 0.818. The Morgan fingerprint density at radius 3 is 2.92 bits per heavy atom. The lowest BCUT2D eigenvalue weighted by molar-refractivity contribution is 0.141. The number of nitrogens with zero attached hydrogens (tertiary/aromatic N) is 1. The van der Waals surface area contributed by atoms with E-state index >= 15 is 0 Å². The predicted octanol–water partition coefficient (Wildman–Crippen LogP) is 1.82. The van der Waals surface area contributed by atoms with Gasteiger partial charge < -0.3 is 4.74 Å². The van der Waals surface area contributed by atoms with E-state index in [2.05, 4.69) is 24.1 Å². The molecule has 2 unspecified atom stereocenters. The van der Waals surface area contributed by atoms with E-state index in [0.29, 0.717) is 12.1 Å². The van der Waals surface area contributed by atoms with Gasteiger partial charge in [0, 0.05) is 18.7 Å². The maximum absolute atomic E-state index is 5.40. The van der Waals surface area contributed by atoms with Crippen LogP contribution in [0.2, 0.25) is 0 Å². The average molecular weight is 181 g/mol. The molecule has 2 heteroatoms. The Bertz CT molecular complexity index is 185. The number of ether oxygens (including phenoxy) is 1. The molecule has 0 spiro atoms. The van der Waals surface area contributed by atoms with Crippen molar-refractivity contribution in [1.82, 2.24) is 4.90 Å². The molecule has 0 aromatic heterocycles. The largest absolute Gasteiger partial charge is 0.380 e. The van der Waals surface area contributed by atoms with Gasteiger partial charge in [0.1, 0.15) is 0 Å². The molecule has 1 saturated heterocycles. The summed E-state index contributed by atoms with van der Waals surface area (Å²) in [4.78, 5) is 2.49. The first-order valence-electron chi connectivity index (χ1n) is 5.34. The third-order valence-electron chi connectivity index (χ3n) is 3.23. The molecule has 2 nitrogen and oxygen atoms in total. The Hall–Kier alpha value is -0.340. The summed E-state index contributed by atoms with van der Waals surface area (Å²) >= 11 is 0. The van der Waals surface area contributed by atoms with Gasteiger partial charge in [0.2, 0.25) is 0 Å². The van der Waals surface area contributed by atoms with Crippen LogP contribution in [0.15, 0.2) is 12.2 Å². The smallest absolute Gasteiger partial charge is 0.0622 e. The zero-order valence-electron chi connectivity index (χ0n) is 8.41. The summed E-state index contributed by atoms with van der Waals surface area (Å²) in [5.41, 5.74) is 0. The van der Waals surface area contributed by atoms with Gasteiger partial charge in [-0.1, -0.05) is 12.2 Å². The molecule has 0 saturated carbocycles. The van der Waals surface area contributed by atoms with Crippen LogP contribution in [0, 0.1) is 0 Å². The maximum atomic E-state index is 5.40. The molecule has 1 heterocycles. The van der Waals surface area contributed by atoms with E-state index in [1.165, 1.54) is 25.7 Å². The van der Waals surface area contributed by atoms with Gasteiger partial charge in [-0.3, -0.25) is 4.90 Å². The summed E-state index contributed by atoms with van der Waals surface area (Å²) in [6.45, 7) is 1.88. The molecule has 0 aromatic carbocycles. The second-order valence-electron chi connectivity index (χ2n) is 4.11. The minimum Gasteiger partial charge on any atom is -0.380 e. The number of likely N-dealkylation sites (N-methyl/N-ethyl adjacent to an activating group) is 1. The van der Waals surface area contributed by atoms with Crippen LogP contribution in [-0.4, -0.2) is 37.2 Å². The Morgan fingerprint density at radius 2 is 2.31 bits per heavy atom. The van der Waals surface area contributed by atoms with Crippen LogP contribution in [0.4, 0.5) is 0 Å². The van der Waals surface area contributed by atoms with E-state index in [1.807, 2.05) is 0 Å². The number of hydrogen-bond donors (Lipinski definition) is 0. The molecular weight excluding hydrogens is 162 g/mol. The van der Waals surface area contributed by atoms with Crippen LogP contribution in [0.25, 0.3) is 0 Å². The summed E-state index contributed by atoms with van der Waals surface area (Å²) in [6, 6.07) is 1.33. The molecule has 0 N–H and O–H groups in total. The van der Waals surface area contributed by atoms with Gasteiger partial charge in [0.15, 0.2) is 0 Å². The van der Waals surface area contributed by atoms with Gasteiger partial charge in [-0.05, 0) is 32.7 Å². The number of allylic oxidation sites excluding steroid dienone is 1. The standard InChI is InChI=1S/C11H19NO/c1-12(11-7-8-13-9-11)10-5-3-2-4-6-10/h3,5,10-11H,2,4,6-9H2,1H3. The average Bonchev–Trinajstić information content (AvgIpc) is 2.71. The topological polar surface area (TPSA) is 12.5 Å². The zero-order valence-corrected chi connectivity index (χ0v) is 8.41. The summed E-state index contributed by atoms with van der Waals surface area (Å²) in [5.74, 6) is 0. The maximum Gasteiger partial charge on any atom is 0.0622 e. The summed E-state index contributed by atoms with van der Waals surface area (Å²) < 4.78 is 5.40. The van der Waals surface area contributed by atoms with Crippen molar-refractivity contribution in [3.8, 4) is 0 Å². The molecule has 2 aliphatic rings. The van der Waals surface area contributed by atoms with Crippen LogP contribution in [0.3, 0.4) is 0 Å². The Labute approximate surface area is 80.6 Å². The molecule has 13 heavy (non-hydrogen) atoms. The molecule has 0 aromatic rings. The summed E-state index contributed by atoms with van der Waals surface area (Å²) in [6.07, 6.45) is 9.83. The van der Waals surface area contributed by atoms with E-state index in [-0.39, 0.29) is 0 Å². The second-order valence-corrected chi connectivity index (χ2v) is 4.11. The van der Waals surface area contributed by atoms with Crippen molar-refractivity contribution in [1.29, 1.82) is 0 Å². The first kappa shape index (κ1) is 9.22. The molecule has 1 fully saturated rings. The normalized spacial score (nSPS) is 34.3. The van der Waals surface area contributed by atoms with Crippen molar-refractivity contribution in [3.63, 3.8) is 0 Å². The lowest BCUT2D eigenvalue weighted by Crippen LogP contribution is -2.40. The van der Waals surface area contributed by atoms with Crippen molar-refractivity contribution in [3.05, 3.63) is 12.2 Å². The molecule has 74 valence electrons. The first-order chi connectivity index (χ1) is 6.38. The van der Waals surface area contributed by atoms with Crippen LogP contribution in [-0.2, 0) is 4.74 Å². The molecule has 0 radical (unpaired) electrons. The van der Waals surface area contributed by atoms with Crippen molar-refractivity contribution in [2.45, 2.75) is 37.8 Å². The van der Waals surface area contributed by atoms with E-state index in [4.69, 9.17) is 4.74 Å². The third kappa shape index (κ3) is 2.12. The number of hydrogen-bond acceptors (Lipinski definition) is 2. The first-order valence-corrected chi connectivity index (χ1v) is 5.34. The lowest BCUT2D eigenvalue weighted by atomic mass is 10.0. The Kier molecular flexibility index (Phi) is 3.01. The molecule has 1 aliphatic carbocycles. The van der Waals surface area contributed by atoms with Crippen molar-refractivity contribution >= 4 is 0 Å². The second kappa shape index (κ2) is 4.25. The van der Waals surface area contributed by atoms with Crippen molar-refractivity contribution in [2.24, 2.45) is 0 Å². The van der Waals surface area contributed by atoms with Crippen LogP contribution in [0.5, 0.6) is 0 Å². The van der Waals surface area contributed by atoms with Crippen molar-refractivity contribution in [2.75, 3.05) is 20.3 Å². The van der Waals surface area contributed by atoms with E-state index in [1.54, 1.807) is 0 Å². The predicted molar refractivity (Wildman–Crippen MR) is 53.8 cm³/mol. The highest BCUT2D eigenvalue weighted by Gasteiger charge is 2.25. The van der Waals surface area contributed by atoms with Gasteiger partial charge in [-0.25, -0.2) is 0 Å². The zero-order chi connectivity index (χ0) is 9.10. The Morgan fingerprint density at radius 1 is 1.38 bits per heavy atom. The van der Waals surface area contributed by atoms with Crippen LogP contribution in [0.1, 0.15) is 25.7 Å². The fourth-order valence-corrected chi connectivity index (χ4v) is 2.25. The van der Waals surface area contributed by atoms with Gasteiger partial charge in [-0.2, -0.15) is 0 Å². The fourth-order valence-electron chi connectivity index (χ4n) is 2.25. The summed E-state index contributed by atoms with van der Waals surface area (Å²) in [7, 11) is 2.24. The SMILES string of the molecule is CN(C1C=CCCC1)C1CCOC1. The van der Waals surface area contributed by atoms with E-state index < -0.39 is 0 Å². The lowest BCUT2D eigenvalue weighted by Gasteiger charge is -2.31. The highest BCUT2D eigenvalue weighted by atomic mass is 16.5. The van der Waals surface area contributed by atoms with Gasteiger partial charge >= 0.3 is 0 Å². The third-order valence-corrected chi connectivity index (χ3v) is 3.23. The highest BCUT2D eigenvalue weighted by Crippen LogP contribution is 2.20. The van der Waals surface area contributed by atoms with Gasteiger partial charge in [0.25, 0.3) is 0 Å². The van der Waals surface area contributed by atoms with E-state index in [9.17, 15) is 0 Å². The van der Waals surface area contributed by atoms with E-state index in [0.717, 1.165) is 13.2 Å². The monoisotopic (exact) mass is 181 g/mol. The minimum atomic E-state index is 0.660. The van der Waals surface area contributed by atoms with Crippen LogP contribution >= 0.6 is 0 Å². The highest BCUT2D eigenvalue weighted by molar-refractivity contribution is 4.99. The van der Waals surface area contributed by atoms with Gasteiger partial charge in [-0.15, -0.1) is 0 Å². The molecule has 1 aliphatic heterocycles. The quantitative estimate of drug-likeness (QED) is 0.602. The molecule has 2 rings (SSSR count). The van der Waals surface area contributed by atoms with Crippen molar-refractivity contribution < 1.29 is 4.74 Å². The summed E-state index contributed by atoms with van der Waals surface area (Å²) in [5, 5.41) is 0. The minimum absolute atomic E-state index is 0.660. The van der Waals surface area contributed by atoms with Gasteiger partial charge in [0.05, 0.1) is 6.61 Å². The van der Waals surface area contributed by atoms with Crippen LogP contribution < -0.4 is 0 Å². The molecule has 0 amide bonds. The number of rotatable bonds is 2. The molecular formula is C11H19NO.